The van der Waals surface area contributed by atoms with Crippen LogP contribution in [0.4, 0.5) is 5.69 Å². The molecule has 23 heavy (non-hydrogen) atoms. The van der Waals surface area contributed by atoms with Crippen molar-refractivity contribution in [3.8, 4) is 0 Å². The molecular formula is C17H19NO4S. The number of carbonyl (C=O) groups excluding carboxylic acids is 2. The number of nitrogens with one attached hydrogen (secondary N) is 1. The summed E-state index contributed by atoms with van der Waals surface area (Å²) in [5.74, 6) is 1.11. The van der Waals surface area contributed by atoms with Crippen molar-refractivity contribution in [2.45, 2.75) is 19.6 Å². The summed E-state index contributed by atoms with van der Waals surface area (Å²) in [6.45, 7) is 4.04. The Labute approximate surface area is 139 Å². The Kier molecular flexibility index (Phi) is 6.29. The van der Waals surface area contributed by atoms with Crippen LogP contribution in [0, 0.1) is 6.92 Å². The highest BCUT2D eigenvalue weighted by atomic mass is 32.2. The zero-order valence-corrected chi connectivity index (χ0v) is 13.9. The van der Waals surface area contributed by atoms with Crippen LogP contribution in [-0.2, 0) is 15.3 Å². The van der Waals surface area contributed by atoms with E-state index in [-0.39, 0.29) is 11.7 Å². The number of ether oxygens (including phenoxy) is 1. The Hall–Kier alpha value is -2.21. The minimum absolute atomic E-state index is 0.0731. The zero-order chi connectivity index (χ0) is 16.7. The normalized spacial score (nSPS) is 10.3. The Morgan fingerprint density at radius 2 is 1.91 bits per heavy atom. The molecule has 6 heteroatoms. The molecule has 2 rings (SSSR count). The van der Waals surface area contributed by atoms with E-state index >= 15 is 0 Å². The van der Waals surface area contributed by atoms with Crippen molar-refractivity contribution < 1.29 is 18.7 Å². The van der Waals surface area contributed by atoms with Gasteiger partial charge in [-0.2, -0.15) is 0 Å². The van der Waals surface area contributed by atoms with Gasteiger partial charge in [-0.05, 0) is 38.1 Å². The van der Waals surface area contributed by atoms with Gasteiger partial charge in [0, 0.05) is 5.69 Å². The van der Waals surface area contributed by atoms with Gasteiger partial charge in [0.1, 0.15) is 5.76 Å². The lowest BCUT2D eigenvalue weighted by molar-refractivity contribution is -0.113. The van der Waals surface area contributed by atoms with Gasteiger partial charge in [0.15, 0.2) is 0 Å². The van der Waals surface area contributed by atoms with Crippen LogP contribution >= 0.6 is 11.8 Å². The second-order valence-electron chi connectivity index (χ2n) is 4.89. The summed E-state index contributed by atoms with van der Waals surface area (Å²) >= 11 is 1.42. The average molecular weight is 333 g/mol. The first-order chi connectivity index (χ1) is 11.1. The van der Waals surface area contributed by atoms with Crippen molar-refractivity contribution in [2.75, 3.05) is 17.7 Å². The van der Waals surface area contributed by atoms with E-state index in [2.05, 4.69) is 5.32 Å². The number of furan rings is 1. The van der Waals surface area contributed by atoms with Crippen LogP contribution in [0.1, 0.15) is 28.8 Å². The van der Waals surface area contributed by atoms with Gasteiger partial charge < -0.3 is 14.5 Å². The molecule has 0 saturated heterocycles. The number of thioether (sulfide) groups is 1. The number of hydrogen-bond acceptors (Lipinski definition) is 5. The largest absolute Gasteiger partial charge is 0.460 e. The molecule has 5 nitrogen and oxygen atoms in total. The quantitative estimate of drug-likeness (QED) is 0.784. The molecular weight excluding hydrogens is 314 g/mol. The summed E-state index contributed by atoms with van der Waals surface area (Å²) in [6.07, 6.45) is 0. The molecule has 0 radical (unpaired) electrons. The zero-order valence-electron chi connectivity index (χ0n) is 13.1. The second-order valence-corrected chi connectivity index (χ2v) is 5.88. The summed E-state index contributed by atoms with van der Waals surface area (Å²) in [4.78, 5) is 23.3. The standard InChI is InChI=1S/C17H19NO4S/c1-3-21-17(20)15-9-8-14(22-15)10-23-11-16(19)18-13-6-4-12(2)5-7-13/h4-9H,3,10-11H2,1-2H3,(H,18,19). The molecule has 122 valence electrons. The van der Waals surface area contributed by atoms with Gasteiger partial charge in [-0.1, -0.05) is 17.7 Å². The van der Waals surface area contributed by atoms with Gasteiger partial charge in [0.05, 0.1) is 18.1 Å². The number of anilines is 1. The Morgan fingerprint density at radius 1 is 1.17 bits per heavy atom. The monoisotopic (exact) mass is 333 g/mol. The van der Waals surface area contributed by atoms with Crippen molar-refractivity contribution in [1.29, 1.82) is 0 Å². The molecule has 0 aliphatic heterocycles. The minimum Gasteiger partial charge on any atom is -0.460 e. The molecule has 0 aliphatic rings. The van der Waals surface area contributed by atoms with Crippen molar-refractivity contribution in [2.24, 2.45) is 0 Å². The SMILES string of the molecule is CCOC(=O)c1ccc(CSCC(=O)Nc2ccc(C)cc2)o1. The van der Waals surface area contributed by atoms with E-state index in [0.29, 0.717) is 23.9 Å². The van der Waals surface area contributed by atoms with Crippen molar-refractivity contribution in [1.82, 2.24) is 0 Å². The number of carbonyl (C=O) groups is 2. The molecule has 0 unspecified atom stereocenters. The fourth-order valence-electron chi connectivity index (χ4n) is 1.85. The van der Waals surface area contributed by atoms with Crippen molar-refractivity contribution >= 4 is 29.3 Å². The predicted molar refractivity (Wildman–Crippen MR) is 90.6 cm³/mol. The molecule has 1 amide bonds. The predicted octanol–water partition coefficient (Wildman–Crippen LogP) is 3.64. The Balaban J connectivity index is 1.75. The summed E-state index contributed by atoms with van der Waals surface area (Å²) in [5.41, 5.74) is 1.93. The van der Waals surface area contributed by atoms with E-state index in [1.165, 1.54) is 11.8 Å². The molecule has 1 N–H and O–H groups in total. The number of hydrogen-bond donors (Lipinski definition) is 1. The maximum atomic E-state index is 11.8. The van der Waals surface area contributed by atoms with Crippen LogP contribution in [0.3, 0.4) is 0 Å². The lowest BCUT2D eigenvalue weighted by Gasteiger charge is -2.05. The van der Waals surface area contributed by atoms with Gasteiger partial charge in [-0.3, -0.25) is 4.79 Å². The van der Waals surface area contributed by atoms with E-state index in [1.807, 2.05) is 31.2 Å². The van der Waals surface area contributed by atoms with E-state index in [9.17, 15) is 9.59 Å². The molecule has 2 aromatic rings. The maximum Gasteiger partial charge on any atom is 0.374 e. The highest BCUT2D eigenvalue weighted by Crippen LogP contribution is 2.17. The van der Waals surface area contributed by atoms with Crippen LogP contribution in [0.25, 0.3) is 0 Å². The van der Waals surface area contributed by atoms with E-state index in [1.54, 1.807) is 19.1 Å². The Bertz CT molecular complexity index is 663. The smallest absolute Gasteiger partial charge is 0.374 e. The van der Waals surface area contributed by atoms with Crippen LogP contribution in [-0.4, -0.2) is 24.2 Å². The number of rotatable bonds is 7. The number of amides is 1. The summed E-state index contributed by atoms with van der Waals surface area (Å²) in [5, 5.41) is 2.83. The molecule has 0 atom stereocenters. The third-order valence-corrected chi connectivity index (χ3v) is 3.91. The van der Waals surface area contributed by atoms with E-state index in [0.717, 1.165) is 11.3 Å². The summed E-state index contributed by atoms with van der Waals surface area (Å²) in [7, 11) is 0. The van der Waals surface area contributed by atoms with Crippen LogP contribution in [0.15, 0.2) is 40.8 Å². The van der Waals surface area contributed by atoms with E-state index in [4.69, 9.17) is 9.15 Å². The molecule has 1 aromatic carbocycles. The number of esters is 1. The van der Waals surface area contributed by atoms with Crippen LogP contribution < -0.4 is 5.32 Å². The molecule has 0 aliphatic carbocycles. The lowest BCUT2D eigenvalue weighted by atomic mass is 10.2. The van der Waals surface area contributed by atoms with Gasteiger partial charge in [-0.15, -0.1) is 11.8 Å². The van der Waals surface area contributed by atoms with Crippen LogP contribution in [0.2, 0.25) is 0 Å². The third-order valence-electron chi connectivity index (χ3n) is 2.95. The lowest BCUT2D eigenvalue weighted by Crippen LogP contribution is -2.14. The minimum atomic E-state index is -0.471. The van der Waals surface area contributed by atoms with Gasteiger partial charge in [0.25, 0.3) is 0 Å². The van der Waals surface area contributed by atoms with Crippen LogP contribution in [0.5, 0.6) is 0 Å². The highest BCUT2D eigenvalue weighted by Gasteiger charge is 2.12. The first-order valence-corrected chi connectivity index (χ1v) is 8.44. The van der Waals surface area contributed by atoms with Crippen molar-refractivity contribution in [3.63, 3.8) is 0 Å². The van der Waals surface area contributed by atoms with Gasteiger partial charge >= 0.3 is 5.97 Å². The molecule has 1 heterocycles. The van der Waals surface area contributed by atoms with Gasteiger partial charge in [-0.25, -0.2) is 4.79 Å². The first-order valence-electron chi connectivity index (χ1n) is 7.28. The number of benzene rings is 1. The third kappa shape index (κ3) is 5.49. The fraction of sp³-hybridized carbons (Fsp3) is 0.294. The highest BCUT2D eigenvalue weighted by molar-refractivity contribution is 7.99. The second kappa shape index (κ2) is 8.43. The van der Waals surface area contributed by atoms with Crippen molar-refractivity contribution in [3.05, 3.63) is 53.5 Å². The fourth-order valence-corrected chi connectivity index (χ4v) is 2.56. The topological polar surface area (TPSA) is 68.5 Å². The molecule has 0 fully saturated rings. The Morgan fingerprint density at radius 3 is 2.61 bits per heavy atom. The molecule has 0 spiro atoms. The number of aryl methyl sites for hydroxylation is 1. The maximum absolute atomic E-state index is 11.8. The summed E-state index contributed by atoms with van der Waals surface area (Å²) < 4.78 is 10.2. The average Bonchev–Trinajstić information content (AvgIpc) is 2.99. The molecule has 0 bridgehead atoms. The van der Waals surface area contributed by atoms with E-state index < -0.39 is 5.97 Å². The molecule has 0 saturated carbocycles. The first kappa shape index (κ1) is 17.1. The summed E-state index contributed by atoms with van der Waals surface area (Å²) in [6, 6.07) is 10.9. The van der Waals surface area contributed by atoms with Gasteiger partial charge in [0.2, 0.25) is 11.7 Å². The molecule has 1 aromatic heterocycles.